The Kier molecular flexibility index (Phi) is 4.07. The Balaban J connectivity index is 1.69. The van der Waals surface area contributed by atoms with E-state index in [-0.39, 0.29) is 5.41 Å². The van der Waals surface area contributed by atoms with Crippen molar-refractivity contribution in [2.24, 2.45) is 0 Å². The van der Waals surface area contributed by atoms with Gasteiger partial charge in [0.2, 0.25) is 0 Å². The summed E-state index contributed by atoms with van der Waals surface area (Å²) in [7, 11) is 0. The second kappa shape index (κ2) is 7.02. The first kappa shape index (κ1) is 21.5. The highest BCUT2D eigenvalue weighted by Gasteiger charge is 2.51. The lowest BCUT2D eigenvalue weighted by atomic mass is 9.64. The van der Waals surface area contributed by atoms with E-state index in [0.717, 1.165) is 4.47 Å². The lowest BCUT2D eigenvalue weighted by Crippen LogP contribution is -2.34. The minimum absolute atomic E-state index is 0.0412. The number of rotatable bonds is 0. The molecule has 0 saturated heterocycles. The number of fused-ring (bicyclic) bond motifs is 12. The summed E-state index contributed by atoms with van der Waals surface area (Å²) in [6, 6.07) is 38.8. The van der Waals surface area contributed by atoms with Crippen LogP contribution in [0.3, 0.4) is 0 Å². The van der Waals surface area contributed by atoms with Gasteiger partial charge in [-0.05, 0) is 68.6 Å². The molecule has 37 heavy (non-hydrogen) atoms. The molecule has 0 amide bonds. The van der Waals surface area contributed by atoms with Crippen LogP contribution >= 0.6 is 15.9 Å². The fourth-order valence-corrected chi connectivity index (χ4v) is 7.51. The van der Waals surface area contributed by atoms with E-state index in [1.165, 1.54) is 66.4 Å². The molecule has 178 valence electrons. The van der Waals surface area contributed by atoms with E-state index >= 15 is 0 Å². The molecule has 6 aromatic rings. The average molecular weight is 541 g/mol. The predicted molar refractivity (Wildman–Crippen MR) is 158 cm³/mol. The Bertz CT molecular complexity index is 1890. The predicted octanol–water partition coefficient (Wildman–Crippen LogP) is 9.52. The van der Waals surface area contributed by atoms with Gasteiger partial charge in [-0.25, -0.2) is 0 Å². The van der Waals surface area contributed by atoms with Crippen molar-refractivity contribution in [2.45, 2.75) is 31.6 Å². The molecule has 2 heterocycles. The highest BCUT2D eigenvalue weighted by Crippen LogP contribution is 2.61. The Hall–Kier alpha value is -3.62. The van der Waals surface area contributed by atoms with Gasteiger partial charge in [-0.2, -0.15) is 0 Å². The third-order valence-corrected chi connectivity index (χ3v) is 9.06. The first-order valence-electron chi connectivity index (χ1n) is 13.0. The van der Waals surface area contributed by atoms with Crippen molar-refractivity contribution < 1.29 is 0 Å². The van der Waals surface area contributed by atoms with Crippen LogP contribution in [0, 0.1) is 0 Å². The van der Waals surface area contributed by atoms with Crippen LogP contribution in [-0.2, 0) is 10.8 Å². The summed E-state index contributed by atoms with van der Waals surface area (Å²) in [5.41, 5.74) is 13.0. The molecule has 1 nitrogen and oxygen atoms in total. The van der Waals surface area contributed by atoms with Crippen LogP contribution in [0.1, 0.15) is 48.6 Å². The summed E-state index contributed by atoms with van der Waals surface area (Å²) >= 11 is 3.93. The molecule has 0 radical (unpaired) electrons. The summed E-state index contributed by atoms with van der Waals surface area (Å²) in [6.07, 6.45) is 0. The molecule has 0 unspecified atom stereocenters. The third kappa shape index (κ3) is 2.54. The molecule has 5 aromatic carbocycles. The van der Waals surface area contributed by atoms with Crippen molar-refractivity contribution >= 4 is 37.7 Å². The number of halogens is 1. The Morgan fingerprint density at radius 1 is 0.622 bits per heavy atom. The fourth-order valence-electron chi connectivity index (χ4n) is 7.06. The number of benzene rings is 5. The zero-order chi connectivity index (χ0) is 25.1. The molecule has 1 spiro atoms. The number of nitrogens with zero attached hydrogens (tertiary/aromatic N) is 1. The zero-order valence-electron chi connectivity index (χ0n) is 21.1. The molecule has 0 atom stereocenters. The lowest BCUT2D eigenvalue weighted by Gasteiger charge is -2.40. The number of hydrogen-bond donors (Lipinski definition) is 0. The second-order valence-electron chi connectivity index (χ2n) is 11.5. The minimum Gasteiger partial charge on any atom is -0.309 e. The summed E-state index contributed by atoms with van der Waals surface area (Å²) in [6.45, 7) is 6.94. The van der Waals surface area contributed by atoms with Crippen molar-refractivity contribution in [1.29, 1.82) is 0 Å². The minimum atomic E-state index is -0.393. The molecule has 2 heteroatoms. The van der Waals surface area contributed by atoms with Gasteiger partial charge in [0.1, 0.15) is 0 Å². The van der Waals surface area contributed by atoms with Gasteiger partial charge in [0.25, 0.3) is 0 Å². The normalized spacial score (nSPS) is 14.7. The third-order valence-electron chi connectivity index (χ3n) is 8.60. The summed E-state index contributed by atoms with van der Waals surface area (Å²) in [4.78, 5) is 0. The van der Waals surface area contributed by atoms with Crippen LogP contribution in [0.2, 0.25) is 0 Å². The maximum atomic E-state index is 3.93. The van der Waals surface area contributed by atoms with E-state index in [0.29, 0.717) is 0 Å². The summed E-state index contributed by atoms with van der Waals surface area (Å²) in [5.74, 6) is 0. The molecule has 1 aliphatic carbocycles. The standard InChI is InChI=1S/C35H26BrN/c1-34(2,3)21-16-17-32-29(18-21)35(27-13-7-4-10-23(27)24-11-5-8-14-28(24)35)30-20-22(36)19-26-25-12-6-9-15-31(25)37(32)33(26)30/h4-20H,1-3H3. The van der Waals surface area contributed by atoms with Crippen molar-refractivity contribution in [1.82, 2.24) is 4.57 Å². The maximum absolute atomic E-state index is 3.93. The van der Waals surface area contributed by atoms with Crippen LogP contribution in [0.25, 0.3) is 38.6 Å². The molecular weight excluding hydrogens is 514 g/mol. The van der Waals surface area contributed by atoms with Gasteiger partial charge in [-0.15, -0.1) is 0 Å². The molecule has 0 bridgehead atoms. The number of hydrogen-bond acceptors (Lipinski definition) is 0. The Morgan fingerprint density at radius 3 is 1.97 bits per heavy atom. The van der Waals surface area contributed by atoms with E-state index in [1.54, 1.807) is 0 Å². The first-order valence-corrected chi connectivity index (χ1v) is 13.8. The van der Waals surface area contributed by atoms with E-state index < -0.39 is 5.41 Å². The molecule has 0 N–H and O–H groups in total. The van der Waals surface area contributed by atoms with Crippen molar-refractivity contribution in [3.05, 3.63) is 135 Å². The van der Waals surface area contributed by atoms with E-state index in [2.05, 4.69) is 144 Å². The first-order chi connectivity index (χ1) is 17.9. The largest absolute Gasteiger partial charge is 0.309 e. The van der Waals surface area contributed by atoms with Crippen molar-refractivity contribution in [3.63, 3.8) is 0 Å². The molecule has 2 aliphatic rings. The van der Waals surface area contributed by atoms with Crippen molar-refractivity contribution in [3.8, 4) is 16.8 Å². The summed E-state index contributed by atoms with van der Waals surface area (Å²) < 4.78 is 3.64. The van der Waals surface area contributed by atoms with Crippen LogP contribution < -0.4 is 0 Å². The SMILES string of the molecule is CC(C)(C)c1ccc2c(c1)C1(c3ccccc3-c3ccccc31)c1cc(Br)cc3c4ccccc4n-2c13. The van der Waals surface area contributed by atoms with Gasteiger partial charge in [0.15, 0.2) is 0 Å². The zero-order valence-corrected chi connectivity index (χ0v) is 22.7. The van der Waals surface area contributed by atoms with E-state index in [4.69, 9.17) is 0 Å². The van der Waals surface area contributed by atoms with Gasteiger partial charge in [-0.1, -0.05) is 116 Å². The molecule has 1 aromatic heterocycles. The van der Waals surface area contributed by atoms with Gasteiger partial charge < -0.3 is 4.57 Å². The topological polar surface area (TPSA) is 4.93 Å². The molecule has 0 saturated carbocycles. The van der Waals surface area contributed by atoms with Gasteiger partial charge in [-0.3, -0.25) is 0 Å². The fraction of sp³-hybridized carbons (Fsp3) is 0.143. The van der Waals surface area contributed by atoms with Gasteiger partial charge in [0, 0.05) is 15.2 Å². The highest BCUT2D eigenvalue weighted by molar-refractivity contribution is 9.10. The van der Waals surface area contributed by atoms with Crippen LogP contribution in [0.15, 0.2) is 108 Å². The number of aromatic nitrogens is 1. The molecule has 1 aliphatic heterocycles. The molecular formula is C35H26BrN. The Morgan fingerprint density at radius 2 is 1.27 bits per heavy atom. The smallest absolute Gasteiger partial charge is 0.0755 e. The molecule has 8 rings (SSSR count). The van der Waals surface area contributed by atoms with Crippen LogP contribution in [0.5, 0.6) is 0 Å². The average Bonchev–Trinajstić information content (AvgIpc) is 3.38. The highest BCUT2D eigenvalue weighted by atomic mass is 79.9. The lowest BCUT2D eigenvalue weighted by molar-refractivity contribution is 0.587. The van der Waals surface area contributed by atoms with Gasteiger partial charge >= 0.3 is 0 Å². The monoisotopic (exact) mass is 539 g/mol. The quantitative estimate of drug-likeness (QED) is 0.181. The number of para-hydroxylation sites is 1. The summed E-state index contributed by atoms with van der Waals surface area (Å²) in [5, 5.41) is 2.59. The van der Waals surface area contributed by atoms with Crippen LogP contribution in [0.4, 0.5) is 0 Å². The van der Waals surface area contributed by atoms with Crippen molar-refractivity contribution in [2.75, 3.05) is 0 Å². The Labute approximate surface area is 225 Å². The van der Waals surface area contributed by atoms with Crippen LogP contribution in [-0.4, -0.2) is 4.57 Å². The van der Waals surface area contributed by atoms with E-state index in [1.807, 2.05) is 0 Å². The van der Waals surface area contributed by atoms with Gasteiger partial charge in [0.05, 0.1) is 22.1 Å². The second-order valence-corrected chi connectivity index (χ2v) is 12.4. The molecule has 0 fully saturated rings. The maximum Gasteiger partial charge on any atom is 0.0755 e. The van der Waals surface area contributed by atoms with E-state index in [9.17, 15) is 0 Å².